The van der Waals surface area contributed by atoms with Crippen LogP contribution in [-0.2, 0) is 6.54 Å². The standard InChI is InChI=1S/C23H23BrN2O2/c1-17(19-6-4-3-5-7-19)26(16-18-8-14-22(28-2)15-9-18)23(27)25-21-12-10-20(24)11-13-21/h3-15,17H,16H2,1-2H3,(H,25,27). The molecule has 0 heterocycles. The Kier molecular flexibility index (Phi) is 6.71. The number of methoxy groups -OCH3 is 1. The van der Waals surface area contributed by atoms with Gasteiger partial charge in [0.1, 0.15) is 5.75 Å². The maximum atomic E-state index is 13.1. The number of carbonyl (C=O) groups is 1. The summed E-state index contributed by atoms with van der Waals surface area (Å²) in [5.41, 5.74) is 2.88. The van der Waals surface area contributed by atoms with Crippen LogP contribution in [0.15, 0.2) is 83.3 Å². The Morgan fingerprint density at radius 3 is 2.25 bits per heavy atom. The summed E-state index contributed by atoms with van der Waals surface area (Å²) < 4.78 is 6.20. The first-order chi connectivity index (χ1) is 13.6. The Labute approximate surface area is 174 Å². The minimum atomic E-state index is -0.144. The van der Waals surface area contributed by atoms with Gasteiger partial charge in [0.15, 0.2) is 0 Å². The lowest BCUT2D eigenvalue weighted by molar-refractivity contribution is 0.189. The summed E-state index contributed by atoms with van der Waals surface area (Å²) in [6.07, 6.45) is 0. The van der Waals surface area contributed by atoms with Gasteiger partial charge in [-0.3, -0.25) is 0 Å². The summed E-state index contributed by atoms with van der Waals surface area (Å²) in [6, 6.07) is 25.2. The molecule has 0 fully saturated rings. The third-order valence-corrected chi connectivity index (χ3v) is 5.15. The monoisotopic (exact) mass is 438 g/mol. The molecule has 5 heteroatoms. The molecule has 3 rings (SSSR count). The van der Waals surface area contributed by atoms with E-state index in [9.17, 15) is 4.79 Å². The van der Waals surface area contributed by atoms with Crippen molar-refractivity contribution >= 4 is 27.6 Å². The Morgan fingerprint density at radius 1 is 1.00 bits per heavy atom. The third kappa shape index (κ3) is 5.14. The van der Waals surface area contributed by atoms with Crippen molar-refractivity contribution in [3.05, 3.63) is 94.5 Å². The van der Waals surface area contributed by atoms with Gasteiger partial charge in [-0.25, -0.2) is 4.79 Å². The van der Waals surface area contributed by atoms with Crippen molar-refractivity contribution in [3.8, 4) is 5.75 Å². The highest BCUT2D eigenvalue weighted by Gasteiger charge is 2.22. The predicted molar refractivity (Wildman–Crippen MR) is 117 cm³/mol. The molecule has 1 atom stereocenters. The minimum Gasteiger partial charge on any atom is -0.497 e. The van der Waals surface area contributed by atoms with Gasteiger partial charge in [0.2, 0.25) is 0 Å². The van der Waals surface area contributed by atoms with Crippen molar-refractivity contribution in [1.29, 1.82) is 0 Å². The molecule has 3 aromatic rings. The molecule has 0 aliphatic carbocycles. The second kappa shape index (κ2) is 9.42. The number of hydrogen-bond donors (Lipinski definition) is 1. The Morgan fingerprint density at radius 2 is 1.64 bits per heavy atom. The zero-order valence-electron chi connectivity index (χ0n) is 15.9. The van der Waals surface area contributed by atoms with E-state index in [-0.39, 0.29) is 12.1 Å². The van der Waals surface area contributed by atoms with Gasteiger partial charge < -0.3 is 15.0 Å². The SMILES string of the molecule is COc1ccc(CN(C(=O)Nc2ccc(Br)cc2)C(C)c2ccccc2)cc1. The van der Waals surface area contributed by atoms with Crippen molar-refractivity contribution in [2.45, 2.75) is 19.5 Å². The van der Waals surface area contributed by atoms with Crippen LogP contribution >= 0.6 is 15.9 Å². The van der Waals surface area contributed by atoms with Crippen LogP contribution < -0.4 is 10.1 Å². The number of halogens is 1. The maximum Gasteiger partial charge on any atom is 0.322 e. The summed E-state index contributed by atoms with van der Waals surface area (Å²) in [4.78, 5) is 15.0. The summed E-state index contributed by atoms with van der Waals surface area (Å²) in [5, 5.41) is 3.00. The zero-order chi connectivity index (χ0) is 19.9. The molecule has 0 aliphatic heterocycles. The van der Waals surface area contributed by atoms with Crippen molar-refractivity contribution in [2.75, 3.05) is 12.4 Å². The van der Waals surface area contributed by atoms with Crippen LogP contribution in [0.1, 0.15) is 24.1 Å². The summed E-state index contributed by atoms with van der Waals surface area (Å²) in [5.74, 6) is 0.797. The van der Waals surface area contributed by atoms with Gasteiger partial charge in [0.05, 0.1) is 13.2 Å². The Bertz CT molecular complexity index is 896. The van der Waals surface area contributed by atoms with E-state index in [0.717, 1.165) is 27.0 Å². The molecule has 28 heavy (non-hydrogen) atoms. The van der Waals surface area contributed by atoms with Crippen LogP contribution in [0.4, 0.5) is 10.5 Å². The van der Waals surface area contributed by atoms with Crippen LogP contribution in [0, 0.1) is 0 Å². The molecule has 4 nitrogen and oxygen atoms in total. The van der Waals surface area contributed by atoms with Crippen LogP contribution in [-0.4, -0.2) is 18.0 Å². The van der Waals surface area contributed by atoms with Crippen LogP contribution in [0.3, 0.4) is 0 Å². The average Bonchev–Trinajstić information content (AvgIpc) is 2.74. The Balaban J connectivity index is 1.84. The number of urea groups is 1. The van der Waals surface area contributed by atoms with Crippen molar-refractivity contribution in [1.82, 2.24) is 4.90 Å². The Hall–Kier alpha value is -2.79. The number of ether oxygens (including phenoxy) is 1. The maximum absolute atomic E-state index is 13.1. The molecule has 1 unspecified atom stereocenters. The third-order valence-electron chi connectivity index (χ3n) is 4.62. The highest BCUT2D eigenvalue weighted by molar-refractivity contribution is 9.10. The number of benzene rings is 3. The molecule has 1 N–H and O–H groups in total. The van der Waals surface area contributed by atoms with E-state index in [0.29, 0.717) is 6.54 Å². The normalized spacial score (nSPS) is 11.5. The summed E-state index contributed by atoms with van der Waals surface area (Å²) >= 11 is 3.42. The first-order valence-electron chi connectivity index (χ1n) is 9.08. The molecule has 0 saturated heterocycles. The number of nitrogens with one attached hydrogen (secondary N) is 1. The number of carbonyl (C=O) groups excluding carboxylic acids is 1. The van der Waals surface area contributed by atoms with Gasteiger partial charge in [-0.05, 0) is 54.4 Å². The van der Waals surface area contributed by atoms with E-state index in [4.69, 9.17) is 4.74 Å². The number of rotatable bonds is 6. The van der Waals surface area contributed by atoms with E-state index in [1.165, 1.54) is 0 Å². The van der Waals surface area contributed by atoms with Gasteiger partial charge in [0.25, 0.3) is 0 Å². The zero-order valence-corrected chi connectivity index (χ0v) is 17.5. The van der Waals surface area contributed by atoms with E-state index in [1.54, 1.807) is 7.11 Å². The molecule has 3 aromatic carbocycles. The lowest BCUT2D eigenvalue weighted by atomic mass is 10.1. The quantitative estimate of drug-likeness (QED) is 0.493. The van der Waals surface area contributed by atoms with Gasteiger partial charge >= 0.3 is 6.03 Å². The van der Waals surface area contributed by atoms with Crippen LogP contribution in [0.5, 0.6) is 5.75 Å². The molecular weight excluding hydrogens is 416 g/mol. The molecule has 2 amide bonds. The number of hydrogen-bond acceptors (Lipinski definition) is 2. The number of anilines is 1. The summed E-state index contributed by atoms with van der Waals surface area (Å²) in [6.45, 7) is 2.53. The largest absolute Gasteiger partial charge is 0.497 e. The molecule has 0 saturated carbocycles. The highest BCUT2D eigenvalue weighted by Crippen LogP contribution is 2.25. The second-order valence-corrected chi connectivity index (χ2v) is 7.42. The first kappa shape index (κ1) is 20.0. The lowest BCUT2D eigenvalue weighted by Gasteiger charge is -2.30. The van der Waals surface area contributed by atoms with Gasteiger partial charge in [-0.1, -0.05) is 58.4 Å². The smallest absolute Gasteiger partial charge is 0.322 e. The van der Waals surface area contributed by atoms with E-state index < -0.39 is 0 Å². The molecule has 0 aliphatic rings. The first-order valence-corrected chi connectivity index (χ1v) is 9.87. The van der Waals surface area contributed by atoms with Crippen molar-refractivity contribution in [2.24, 2.45) is 0 Å². The average molecular weight is 439 g/mol. The predicted octanol–water partition coefficient (Wildman–Crippen LogP) is 6.25. The van der Waals surface area contributed by atoms with Gasteiger partial charge in [-0.15, -0.1) is 0 Å². The van der Waals surface area contributed by atoms with Gasteiger partial charge in [-0.2, -0.15) is 0 Å². The van der Waals surface area contributed by atoms with E-state index in [1.807, 2.05) is 90.7 Å². The lowest BCUT2D eigenvalue weighted by Crippen LogP contribution is -2.36. The fourth-order valence-electron chi connectivity index (χ4n) is 2.95. The van der Waals surface area contributed by atoms with Crippen molar-refractivity contribution in [3.63, 3.8) is 0 Å². The summed E-state index contributed by atoms with van der Waals surface area (Å²) in [7, 11) is 1.64. The topological polar surface area (TPSA) is 41.6 Å². The fraction of sp³-hybridized carbons (Fsp3) is 0.174. The molecule has 0 bridgehead atoms. The molecule has 0 radical (unpaired) electrons. The molecule has 0 aromatic heterocycles. The molecular formula is C23H23BrN2O2. The van der Waals surface area contributed by atoms with Crippen molar-refractivity contribution < 1.29 is 9.53 Å². The van der Waals surface area contributed by atoms with Crippen LogP contribution in [0.25, 0.3) is 0 Å². The van der Waals surface area contributed by atoms with Gasteiger partial charge in [0, 0.05) is 16.7 Å². The second-order valence-electron chi connectivity index (χ2n) is 6.50. The minimum absolute atomic E-state index is 0.0845. The number of amides is 2. The van der Waals surface area contributed by atoms with E-state index in [2.05, 4.69) is 21.2 Å². The molecule has 144 valence electrons. The highest BCUT2D eigenvalue weighted by atomic mass is 79.9. The number of nitrogens with zero attached hydrogens (tertiary/aromatic N) is 1. The fourth-order valence-corrected chi connectivity index (χ4v) is 3.22. The molecule has 0 spiro atoms. The van der Waals surface area contributed by atoms with Crippen LogP contribution in [0.2, 0.25) is 0 Å². The van der Waals surface area contributed by atoms with E-state index >= 15 is 0 Å².